The van der Waals surface area contributed by atoms with Gasteiger partial charge >= 0.3 is 0 Å². The number of aromatic hydroxyl groups is 1. The third kappa shape index (κ3) is 1.87. The van der Waals surface area contributed by atoms with E-state index in [-0.39, 0.29) is 32.9 Å². The summed E-state index contributed by atoms with van der Waals surface area (Å²) in [7, 11) is -2.67. The van der Waals surface area contributed by atoms with Crippen molar-refractivity contribution in [3.05, 3.63) is 58.7 Å². The molecule has 2 aromatic rings. The molecule has 22 heavy (non-hydrogen) atoms. The Morgan fingerprint density at radius 2 is 1.45 bits per heavy atom. The highest BCUT2D eigenvalue weighted by Gasteiger charge is 2.35. The van der Waals surface area contributed by atoms with Crippen LogP contribution in [0.2, 0.25) is 0 Å². The molecule has 0 spiro atoms. The maximum Gasteiger partial charge on any atom is 0.241 e. The van der Waals surface area contributed by atoms with E-state index in [0.717, 1.165) is 0 Å². The lowest BCUT2D eigenvalue weighted by Crippen LogP contribution is -2.27. The van der Waals surface area contributed by atoms with Gasteiger partial charge in [-0.2, -0.15) is 0 Å². The molecular formula is C15H11NO5S. The number of benzene rings is 2. The van der Waals surface area contributed by atoms with Gasteiger partial charge in [-0.25, -0.2) is 13.1 Å². The molecule has 0 radical (unpaired) electrons. The standard InChI is InChI=1S/C15H11NO5S/c1-16-22(20,21)11-7-3-5-9-13(11)15(19)8-4-2-6-10(17)12(8)14(9)18/h2-7,16-17H,1H3. The van der Waals surface area contributed by atoms with Gasteiger partial charge in [0.1, 0.15) is 5.75 Å². The zero-order chi connectivity index (χ0) is 16.1. The normalized spacial score (nSPS) is 13.7. The molecule has 0 aliphatic heterocycles. The van der Waals surface area contributed by atoms with E-state index >= 15 is 0 Å². The van der Waals surface area contributed by atoms with E-state index in [4.69, 9.17) is 0 Å². The Bertz CT molecular complexity index is 931. The summed E-state index contributed by atoms with van der Waals surface area (Å²) in [6.45, 7) is 0. The maximum atomic E-state index is 12.6. The quantitative estimate of drug-likeness (QED) is 0.736. The second-order valence-corrected chi connectivity index (χ2v) is 6.60. The van der Waals surface area contributed by atoms with Crippen LogP contribution in [0, 0.1) is 0 Å². The molecule has 0 fully saturated rings. The first kappa shape index (κ1) is 14.4. The number of hydrogen-bond donors (Lipinski definition) is 2. The van der Waals surface area contributed by atoms with Crippen molar-refractivity contribution in [2.45, 2.75) is 4.90 Å². The predicted octanol–water partition coefficient (Wildman–Crippen LogP) is 1.08. The van der Waals surface area contributed by atoms with Crippen LogP contribution in [0.3, 0.4) is 0 Å². The summed E-state index contributed by atoms with van der Waals surface area (Å²) in [5.41, 5.74) is -0.300. The lowest BCUT2D eigenvalue weighted by atomic mass is 9.83. The molecule has 6 nitrogen and oxygen atoms in total. The topological polar surface area (TPSA) is 101 Å². The van der Waals surface area contributed by atoms with Crippen LogP contribution in [-0.2, 0) is 10.0 Å². The van der Waals surface area contributed by atoms with E-state index in [1.807, 2.05) is 0 Å². The van der Waals surface area contributed by atoms with Crippen LogP contribution < -0.4 is 4.72 Å². The largest absolute Gasteiger partial charge is 0.507 e. The first-order chi connectivity index (χ1) is 10.4. The monoisotopic (exact) mass is 317 g/mol. The highest BCUT2D eigenvalue weighted by molar-refractivity contribution is 7.89. The molecule has 2 N–H and O–H groups in total. The first-order valence-electron chi connectivity index (χ1n) is 6.36. The van der Waals surface area contributed by atoms with Gasteiger partial charge in [0.05, 0.1) is 16.0 Å². The van der Waals surface area contributed by atoms with Gasteiger partial charge in [0.25, 0.3) is 0 Å². The van der Waals surface area contributed by atoms with Crippen LogP contribution in [0.15, 0.2) is 41.3 Å². The number of phenolic OH excluding ortho intramolecular Hbond substituents is 1. The second kappa shape index (κ2) is 4.75. The van der Waals surface area contributed by atoms with Crippen LogP contribution in [0.1, 0.15) is 31.8 Å². The summed E-state index contributed by atoms with van der Waals surface area (Å²) in [6, 6.07) is 8.16. The Hall–Kier alpha value is -2.51. The molecule has 0 aromatic heterocycles. The molecule has 112 valence electrons. The minimum atomic E-state index is -3.89. The summed E-state index contributed by atoms with van der Waals surface area (Å²) >= 11 is 0. The Morgan fingerprint density at radius 3 is 2.09 bits per heavy atom. The molecule has 0 amide bonds. The molecule has 0 bridgehead atoms. The van der Waals surface area contributed by atoms with Crippen molar-refractivity contribution in [1.82, 2.24) is 4.72 Å². The summed E-state index contributed by atoms with van der Waals surface area (Å²) in [4.78, 5) is 24.9. The van der Waals surface area contributed by atoms with E-state index in [1.54, 1.807) is 0 Å². The number of fused-ring (bicyclic) bond motifs is 2. The average molecular weight is 317 g/mol. The van der Waals surface area contributed by atoms with Crippen molar-refractivity contribution in [2.75, 3.05) is 7.05 Å². The van der Waals surface area contributed by atoms with Crippen molar-refractivity contribution in [3.63, 3.8) is 0 Å². The summed E-state index contributed by atoms with van der Waals surface area (Å²) in [5.74, 6) is -1.48. The fraction of sp³-hybridized carbons (Fsp3) is 0.0667. The van der Waals surface area contributed by atoms with Crippen LogP contribution in [0.25, 0.3) is 0 Å². The molecule has 0 atom stereocenters. The van der Waals surface area contributed by atoms with E-state index in [0.29, 0.717) is 0 Å². The minimum absolute atomic E-state index is 0.00347. The Kier molecular flexibility index (Phi) is 3.12. The summed E-state index contributed by atoms with van der Waals surface area (Å²) in [5, 5.41) is 9.84. The van der Waals surface area contributed by atoms with E-state index in [1.165, 1.54) is 43.4 Å². The maximum absolute atomic E-state index is 12.6. The molecule has 1 aliphatic rings. The van der Waals surface area contributed by atoms with Crippen LogP contribution >= 0.6 is 0 Å². The minimum Gasteiger partial charge on any atom is -0.507 e. The number of hydrogen-bond acceptors (Lipinski definition) is 5. The molecule has 7 heteroatoms. The number of phenols is 1. The Morgan fingerprint density at radius 1 is 0.909 bits per heavy atom. The number of carbonyl (C=O) groups excluding carboxylic acids is 2. The lowest BCUT2D eigenvalue weighted by Gasteiger charge is -2.20. The van der Waals surface area contributed by atoms with Gasteiger partial charge in [-0.1, -0.05) is 24.3 Å². The zero-order valence-electron chi connectivity index (χ0n) is 11.5. The van der Waals surface area contributed by atoms with Crippen molar-refractivity contribution >= 4 is 21.6 Å². The van der Waals surface area contributed by atoms with E-state index in [2.05, 4.69) is 4.72 Å². The van der Waals surface area contributed by atoms with Crippen molar-refractivity contribution in [1.29, 1.82) is 0 Å². The summed E-state index contributed by atoms with van der Waals surface area (Å²) in [6.07, 6.45) is 0. The third-order valence-electron chi connectivity index (χ3n) is 3.57. The lowest BCUT2D eigenvalue weighted by molar-refractivity contribution is 0.0974. The van der Waals surface area contributed by atoms with Gasteiger partial charge in [0.2, 0.25) is 10.0 Å². The van der Waals surface area contributed by atoms with Gasteiger partial charge in [-0.05, 0) is 19.2 Å². The molecule has 1 aliphatic carbocycles. The van der Waals surface area contributed by atoms with Crippen molar-refractivity contribution in [3.8, 4) is 5.75 Å². The van der Waals surface area contributed by atoms with E-state index < -0.39 is 21.6 Å². The average Bonchev–Trinajstić information content (AvgIpc) is 2.51. The summed E-state index contributed by atoms with van der Waals surface area (Å²) < 4.78 is 26.3. The first-order valence-corrected chi connectivity index (χ1v) is 7.84. The van der Waals surface area contributed by atoms with Gasteiger partial charge in [-0.3, -0.25) is 9.59 Å². The molecule has 2 aromatic carbocycles. The fourth-order valence-corrected chi connectivity index (χ4v) is 3.47. The predicted molar refractivity (Wildman–Crippen MR) is 77.7 cm³/mol. The number of carbonyl (C=O) groups is 2. The Labute approximate surface area is 126 Å². The highest BCUT2D eigenvalue weighted by atomic mass is 32.2. The van der Waals surface area contributed by atoms with Crippen LogP contribution in [0.4, 0.5) is 0 Å². The molecule has 0 unspecified atom stereocenters. The number of ketones is 2. The van der Waals surface area contributed by atoms with Crippen molar-refractivity contribution in [2.24, 2.45) is 0 Å². The van der Waals surface area contributed by atoms with Gasteiger partial charge in [-0.15, -0.1) is 0 Å². The third-order valence-corrected chi connectivity index (χ3v) is 5.03. The fourth-order valence-electron chi connectivity index (χ4n) is 2.53. The molecular weight excluding hydrogens is 306 g/mol. The molecule has 0 saturated heterocycles. The number of sulfonamides is 1. The SMILES string of the molecule is CNS(=O)(=O)c1cccc2c1C(=O)c1cccc(O)c1C2=O. The van der Waals surface area contributed by atoms with Crippen LogP contribution in [-0.4, -0.2) is 32.1 Å². The van der Waals surface area contributed by atoms with Crippen molar-refractivity contribution < 1.29 is 23.1 Å². The van der Waals surface area contributed by atoms with E-state index in [9.17, 15) is 23.1 Å². The van der Waals surface area contributed by atoms with Gasteiger partial charge < -0.3 is 5.11 Å². The zero-order valence-corrected chi connectivity index (χ0v) is 12.3. The highest BCUT2D eigenvalue weighted by Crippen LogP contribution is 2.35. The smallest absolute Gasteiger partial charge is 0.241 e. The molecule has 0 heterocycles. The molecule has 3 rings (SSSR count). The second-order valence-electron chi connectivity index (χ2n) is 4.74. The molecule has 0 saturated carbocycles. The van der Waals surface area contributed by atoms with Crippen LogP contribution in [0.5, 0.6) is 5.75 Å². The number of nitrogens with one attached hydrogen (secondary N) is 1. The number of rotatable bonds is 2. The van der Waals surface area contributed by atoms with Gasteiger partial charge in [0, 0.05) is 11.1 Å². The Balaban J connectivity index is 2.39. The van der Waals surface area contributed by atoms with Gasteiger partial charge in [0.15, 0.2) is 11.6 Å².